The number of nitrogen functional groups attached to an aromatic ring is 1. The number of hydrogen-bond donors (Lipinski definition) is 2. The fraction of sp³-hybridized carbons (Fsp3) is 0.308. The van der Waals surface area contributed by atoms with Crippen LogP contribution in [0.1, 0.15) is 13.3 Å². The van der Waals surface area contributed by atoms with Gasteiger partial charge < -0.3 is 5.73 Å². The van der Waals surface area contributed by atoms with Gasteiger partial charge in [0.2, 0.25) is 16.2 Å². The third kappa shape index (κ3) is 5.56. The molecular weight excluding hydrogens is 324 g/mol. The summed E-state index contributed by atoms with van der Waals surface area (Å²) in [7, 11) is 0. The normalized spacial score (nSPS) is 10.5. The van der Waals surface area contributed by atoms with Crippen LogP contribution in [0.3, 0.4) is 0 Å². The van der Waals surface area contributed by atoms with E-state index in [0.717, 1.165) is 22.2 Å². The first kappa shape index (κ1) is 16.1. The van der Waals surface area contributed by atoms with E-state index in [1.807, 2.05) is 24.3 Å². The zero-order valence-corrected chi connectivity index (χ0v) is 14.0. The lowest BCUT2D eigenvalue weighted by Crippen LogP contribution is -2.13. The molecule has 0 aliphatic heterocycles. The lowest BCUT2D eigenvalue weighted by atomic mass is 10.3. The van der Waals surface area contributed by atoms with Gasteiger partial charge >= 0.3 is 0 Å². The number of nitrogens with one attached hydrogen (secondary N) is 1. The molecule has 1 aromatic heterocycles. The average Bonchev–Trinajstić information content (AvgIpc) is 2.90. The zero-order chi connectivity index (χ0) is 15.1. The molecule has 112 valence electrons. The Bertz CT molecular complexity index is 603. The molecule has 0 spiro atoms. The van der Waals surface area contributed by atoms with Crippen molar-refractivity contribution < 1.29 is 4.79 Å². The quantitative estimate of drug-likeness (QED) is 0.594. The van der Waals surface area contributed by atoms with E-state index < -0.39 is 0 Å². The Morgan fingerprint density at radius 1 is 1.43 bits per heavy atom. The van der Waals surface area contributed by atoms with Gasteiger partial charge in [0, 0.05) is 27.9 Å². The SMILES string of the molecule is CCCSc1nsc(NC(=O)CSc2cccc(N)c2)n1. The minimum absolute atomic E-state index is 0.0920. The van der Waals surface area contributed by atoms with Crippen molar-refractivity contribution >= 4 is 51.8 Å². The van der Waals surface area contributed by atoms with Gasteiger partial charge in [0.05, 0.1) is 5.75 Å². The Morgan fingerprint density at radius 2 is 2.29 bits per heavy atom. The van der Waals surface area contributed by atoms with Gasteiger partial charge in [-0.2, -0.15) is 9.36 Å². The van der Waals surface area contributed by atoms with E-state index in [4.69, 9.17) is 5.73 Å². The predicted octanol–water partition coefficient (Wildman–Crippen LogP) is 3.35. The fourth-order valence-electron chi connectivity index (χ4n) is 1.42. The van der Waals surface area contributed by atoms with Gasteiger partial charge in [-0.3, -0.25) is 10.1 Å². The van der Waals surface area contributed by atoms with E-state index in [1.165, 1.54) is 23.3 Å². The maximum Gasteiger partial charge on any atom is 0.236 e. The van der Waals surface area contributed by atoms with E-state index in [0.29, 0.717) is 16.6 Å². The average molecular weight is 340 g/mol. The number of anilines is 2. The summed E-state index contributed by atoms with van der Waals surface area (Å²) < 4.78 is 4.19. The van der Waals surface area contributed by atoms with Crippen molar-refractivity contribution in [1.82, 2.24) is 9.36 Å². The first-order chi connectivity index (χ1) is 10.2. The smallest absolute Gasteiger partial charge is 0.236 e. The molecule has 1 heterocycles. The van der Waals surface area contributed by atoms with Crippen LogP contribution in [0, 0.1) is 0 Å². The van der Waals surface area contributed by atoms with Crippen LogP contribution in [0.4, 0.5) is 10.8 Å². The topological polar surface area (TPSA) is 80.9 Å². The van der Waals surface area contributed by atoms with Gasteiger partial charge in [0.1, 0.15) is 0 Å². The lowest BCUT2D eigenvalue weighted by molar-refractivity contribution is -0.113. The number of amides is 1. The van der Waals surface area contributed by atoms with Crippen LogP contribution in [0.5, 0.6) is 0 Å². The third-order valence-corrected chi connectivity index (χ3v) is 5.11. The summed E-state index contributed by atoms with van der Waals surface area (Å²) in [6, 6.07) is 7.47. The van der Waals surface area contributed by atoms with Crippen molar-refractivity contribution in [3.8, 4) is 0 Å². The van der Waals surface area contributed by atoms with Gasteiger partial charge in [-0.05, 0) is 24.6 Å². The summed E-state index contributed by atoms with van der Waals surface area (Å²) in [6.07, 6.45) is 1.07. The first-order valence-corrected chi connectivity index (χ1v) is 9.16. The van der Waals surface area contributed by atoms with Crippen LogP contribution in [-0.2, 0) is 4.79 Å². The summed E-state index contributed by atoms with van der Waals surface area (Å²) in [5.41, 5.74) is 6.39. The van der Waals surface area contributed by atoms with Crippen LogP contribution in [-0.4, -0.2) is 26.8 Å². The summed E-state index contributed by atoms with van der Waals surface area (Å²) >= 11 is 4.25. The van der Waals surface area contributed by atoms with Crippen molar-refractivity contribution in [1.29, 1.82) is 0 Å². The molecule has 1 amide bonds. The summed E-state index contributed by atoms with van der Waals surface area (Å²) in [4.78, 5) is 17.1. The molecule has 0 aliphatic rings. The van der Waals surface area contributed by atoms with Crippen LogP contribution >= 0.6 is 35.1 Å². The molecule has 0 atom stereocenters. The maximum absolute atomic E-state index is 11.9. The number of benzene rings is 1. The molecule has 1 aromatic carbocycles. The number of carbonyl (C=O) groups excluding carboxylic acids is 1. The highest BCUT2D eigenvalue weighted by Gasteiger charge is 2.09. The van der Waals surface area contributed by atoms with E-state index >= 15 is 0 Å². The van der Waals surface area contributed by atoms with Crippen molar-refractivity contribution in [3.05, 3.63) is 24.3 Å². The standard InChI is InChI=1S/C13H16N4OS3/c1-2-6-19-13-16-12(21-17-13)15-11(18)8-20-10-5-3-4-9(14)7-10/h3-5,7H,2,6,8,14H2,1H3,(H,15,16,17,18). The number of carbonyl (C=O) groups is 1. The van der Waals surface area contributed by atoms with Crippen molar-refractivity contribution in [2.24, 2.45) is 0 Å². The molecule has 5 nitrogen and oxygen atoms in total. The number of aromatic nitrogens is 2. The third-order valence-electron chi connectivity index (χ3n) is 2.32. The highest BCUT2D eigenvalue weighted by atomic mass is 32.2. The Balaban J connectivity index is 1.80. The Morgan fingerprint density at radius 3 is 3.05 bits per heavy atom. The number of rotatable bonds is 7. The Hall–Kier alpha value is -1.25. The minimum Gasteiger partial charge on any atom is -0.399 e. The number of nitrogens with two attached hydrogens (primary N) is 1. The maximum atomic E-state index is 11.9. The molecule has 21 heavy (non-hydrogen) atoms. The van der Waals surface area contributed by atoms with Crippen LogP contribution < -0.4 is 11.1 Å². The van der Waals surface area contributed by atoms with Gasteiger partial charge in [0.15, 0.2) is 0 Å². The van der Waals surface area contributed by atoms with Gasteiger partial charge in [0.25, 0.3) is 0 Å². The molecule has 0 saturated heterocycles. The van der Waals surface area contributed by atoms with Crippen LogP contribution in [0.25, 0.3) is 0 Å². The van der Waals surface area contributed by atoms with Gasteiger partial charge in [-0.15, -0.1) is 11.8 Å². The fourth-order valence-corrected chi connectivity index (χ4v) is 3.60. The predicted molar refractivity (Wildman–Crippen MR) is 91.1 cm³/mol. The second-order valence-electron chi connectivity index (χ2n) is 4.14. The monoisotopic (exact) mass is 340 g/mol. The van der Waals surface area contributed by atoms with E-state index in [-0.39, 0.29) is 5.91 Å². The molecule has 8 heteroatoms. The largest absolute Gasteiger partial charge is 0.399 e. The molecule has 0 unspecified atom stereocenters. The molecule has 2 aromatic rings. The molecule has 0 bridgehead atoms. The van der Waals surface area contributed by atoms with Gasteiger partial charge in [-0.25, -0.2) is 0 Å². The molecule has 0 radical (unpaired) electrons. The van der Waals surface area contributed by atoms with Gasteiger partial charge in [-0.1, -0.05) is 24.8 Å². The lowest BCUT2D eigenvalue weighted by Gasteiger charge is -2.02. The summed E-state index contributed by atoms with van der Waals surface area (Å²) in [5, 5.41) is 4.03. The zero-order valence-electron chi connectivity index (χ0n) is 11.5. The van der Waals surface area contributed by atoms with Crippen LogP contribution in [0.2, 0.25) is 0 Å². The van der Waals surface area contributed by atoms with Crippen molar-refractivity contribution in [2.45, 2.75) is 23.4 Å². The first-order valence-electron chi connectivity index (χ1n) is 6.42. The van der Waals surface area contributed by atoms with Crippen molar-refractivity contribution in [2.75, 3.05) is 22.6 Å². The minimum atomic E-state index is -0.0920. The Kier molecular flexibility index (Phi) is 6.34. The number of thioether (sulfide) groups is 2. The summed E-state index contributed by atoms with van der Waals surface area (Å²) in [5.74, 6) is 1.21. The second-order valence-corrected chi connectivity index (χ2v) is 7.00. The van der Waals surface area contributed by atoms with E-state index in [1.54, 1.807) is 11.8 Å². The highest BCUT2D eigenvalue weighted by molar-refractivity contribution is 8.00. The molecule has 2 rings (SSSR count). The van der Waals surface area contributed by atoms with E-state index in [9.17, 15) is 4.79 Å². The molecule has 0 saturated carbocycles. The molecule has 3 N–H and O–H groups in total. The number of nitrogens with zero attached hydrogens (tertiary/aromatic N) is 2. The molecule has 0 fully saturated rings. The second kappa shape index (κ2) is 8.26. The van der Waals surface area contributed by atoms with Crippen molar-refractivity contribution in [3.63, 3.8) is 0 Å². The summed E-state index contributed by atoms with van der Waals surface area (Å²) in [6.45, 7) is 2.11. The molecular formula is C13H16N4OS3. The highest BCUT2D eigenvalue weighted by Crippen LogP contribution is 2.22. The number of hydrogen-bond acceptors (Lipinski definition) is 7. The van der Waals surface area contributed by atoms with E-state index in [2.05, 4.69) is 21.6 Å². The van der Waals surface area contributed by atoms with Crippen LogP contribution in [0.15, 0.2) is 34.3 Å². The molecule has 0 aliphatic carbocycles. The Labute approximate surface area is 136 Å².